The number of aliphatic carboxylic acids is 1. The number of methoxy groups -OCH3 is 1. The number of nitrogen functional groups attached to an aromatic ring is 1. The fourth-order valence-electron chi connectivity index (χ4n) is 4.25. The second kappa shape index (κ2) is 10.8. The highest BCUT2D eigenvalue weighted by Crippen LogP contribution is 2.47. The van der Waals surface area contributed by atoms with Crippen molar-refractivity contribution in [3.05, 3.63) is 48.8 Å². The second-order valence-electron chi connectivity index (χ2n) is 8.90. The predicted octanol–water partition coefficient (Wildman–Crippen LogP) is 2.49. The van der Waals surface area contributed by atoms with E-state index < -0.39 is 38.2 Å². The zero-order valence-electron chi connectivity index (χ0n) is 21.0. The summed E-state index contributed by atoms with van der Waals surface area (Å²) in [4.78, 5) is 24.0. The maximum absolute atomic E-state index is 13.8. The molecule has 0 amide bonds. The zero-order chi connectivity index (χ0) is 27.7. The van der Waals surface area contributed by atoms with Crippen molar-refractivity contribution in [3.8, 4) is 11.6 Å². The van der Waals surface area contributed by atoms with E-state index in [1.807, 2.05) is 18.2 Å². The number of benzene rings is 2. The summed E-state index contributed by atoms with van der Waals surface area (Å²) in [5.74, 6) is -0.839. The number of hydrogen-bond donors (Lipinski definition) is 4. The molecule has 1 fully saturated rings. The van der Waals surface area contributed by atoms with Crippen molar-refractivity contribution in [1.82, 2.24) is 24.6 Å². The number of carboxylic acid groups (broad SMARTS) is 1. The van der Waals surface area contributed by atoms with Crippen LogP contribution in [0.3, 0.4) is 0 Å². The smallest absolute Gasteiger partial charge is 0.459 e. The van der Waals surface area contributed by atoms with Gasteiger partial charge in [0.15, 0.2) is 11.2 Å². The van der Waals surface area contributed by atoms with Crippen molar-refractivity contribution in [3.63, 3.8) is 0 Å². The van der Waals surface area contributed by atoms with Gasteiger partial charge in [-0.1, -0.05) is 36.4 Å². The minimum Gasteiger partial charge on any atom is -0.480 e. The van der Waals surface area contributed by atoms with Crippen LogP contribution in [0.1, 0.15) is 19.6 Å². The van der Waals surface area contributed by atoms with Crippen molar-refractivity contribution in [2.75, 3.05) is 19.5 Å². The Kier molecular flexibility index (Phi) is 7.38. The molecule has 0 aliphatic carbocycles. The van der Waals surface area contributed by atoms with Crippen LogP contribution in [-0.2, 0) is 18.6 Å². The van der Waals surface area contributed by atoms with Crippen LogP contribution >= 0.6 is 7.75 Å². The van der Waals surface area contributed by atoms with Gasteiger partial charge in [0, 0.05) is 11.8 Å². The molecule has 2 aromatic heterocycles. The number of imidazole rings is 1. The summed E-state index contributed by atoms with van der Waals surface area (Å²) in [6, 6.07) is 11.2. The Bertz CT molecular complexity index is 1560. The standard InChI is InChI=1S/C24H27N6O8P/c1-13(23(32)33)29-39(34,38-17-9-5-7-14-6-3-4-8-15(14)17)36-11-18-16(31)10-19(37-18)30-12-26-20-21(30)27-24(25)28-22(20)35-2/h3-9,12-13,16,18-19,31H,10-11H2,1-2H3,(H,29,34)(H,32,33)(H2,25,27,28)/t13-,16-,18+,19+,39?/m0/s1. The number of rotatable bonds is 10. The molecular weight excluding hydrogens is 531 g/mol. The van der Waals surface area contributed by atoms with Crippen LogP contribution in [0.2, 0.25) is 0 Å². The molecule has 5 rings (SSSR count). The lowest BCUT2D eigenvalue weighted by molar-refractivity contribution is -0.138. The monoisotopic (exact) mass is 558 g/mol. The topological polar surface area (TPSA) is 193 Å². The minimum absolute atomic E-state index is 0.0234. The Labute approximate surface area is 222 Å². The highest BCUT2D eigenvalue weighted by atomic mass is 31.2. The molecular formula is C24H27N6O8P. The van der Waals surface area contributed by atoms with Crippen molar-refractivity contribution in [2.45, 2.75) is 37.8 Å². The summed E-state index contributed by atoms with van der Waals surface area (Å²) >= 11 is 0. The van der Waals surface area contributed by atoms with Gasteiger partial charge < -0.3 is 29.9 Å². The maximum Gasteiger partial charge on any atom is 0.459 e. The Balaban J connectivity index is 1.36. The molecule has 2 aromatic carbocycles. The van der Waals surface area contributed by atoms with Crippen LogP contribution in [0.25, 0.3) is 21.9 Å². The third-order valence-electron chi connectivity index (χ3n) is 6.21. The summed E-state index contributed by atoms with van der Waals surface area (Å²) in [7, 11) is -2.83. The Morgan fingerprint density at radius 2 is 2.05 bits per heavy atom. The van der Waals surface area contributed by atoms with Crippen molar-refractivity contribution >= 4 is 41.6 Å². The van der Waals surface area contributed by atoms with Gasteiger partial charge >= 0.3 is 13.7 Å². The molecule has 1 aliphatic heterocycles. The van der Waals surface area contributed by atoms with Crippen LogP contribution < -0.4 is 20.1 Å². The van der Waals surface area contributed by atoms with E-state index in [0.717, 1.165) is 5.39 Å². The molecule has 14 nitrogen and oxygen atoms in total. The Morgan fingerprint density at radius 1 is 1.28 bits per heavy atom. The summed E-state index contributed by atoms with van der Waals surface area (Å²) in [6.07, 6.45) is -1.05. The summed E-state index contributed by atoms with van der Waals surface area (Å²) < 4.78 is 38.0. The summed E-state index contributed by atoms with van der Waals surface area (Å²) in [6.45, 7) is 0.944. The van der Waals surface area contributed by atoms with Crippen LogP contribution in [-0.4, -0.2) is 67.7 Å². The highest BCUT2D eigenvalue weighted by Gasteiger charge is 2.40. The lowest BCUT2D eigenvalue weighted by Gasteiger charge is -2.24. The fourth-order valence-corrected chi connectivity index (χ4v) is 5.78. The molecule has 3 heterocycles. The van der Waals surface area contributed by atoms with Gasteiger partial charge in [0.05, 0.1) is 26.1 Å². The molecule has 0 spiro atoms. The molecule has 0 radical (unpaired) electrons. The molecule has 206 valence electrons. The number of ether oxygens (including phenoxy) is 2. The highest BCUT2D eigenvalue weighted by molar-refractivity contribution is 7.52. The first-order valence-electron chi connectivity index (χ1n) is 12.0. The number of anilines is 1. The minimum atomic E-state index is -4.27. The van der Waals surface area contributed by atoms with Crippen molar-refractivity contribution in [1.29, 1.82) is 0 Å². The number of aliphatic hydroxyl groups is 1. The Morgan fingerprint density at radius 3 is 2.82 bits per heavy atom. The number of fused-ring (bicyclic) bond motifs is 2. The second-order valence-corrected chi connectivity index (χ2v) is 10.6. The summed E-state index contributed by atoms with van der Waals surface area (Å²) in [5.41, 5.74) is 6.50. The number of nitrogens with two attached hydrogens (primary N) is 1. The molecule has 1 aliphatic rings. The average molecular weight is 558 g/mol. The van der Waals surface area contributed by atoms with E-state index in [1.165, 1.54) is 20.4 Å². The third-order valence-corrected chi connectivity index (χ3v) is 7.84. The molecule has 39 heavy (non-hydrogen) atoms. The molecule has 1 saturated heterocycles. The first-order chi connectivity index (χ1) is 18.7. The average Bonchev–Trinajstić information content (AvgIpc) is 3.50. The first-order valence-corrected chi connectivity index (χ1v) is 13.5. The number of aliphatic hydroxyl groups excluding tert-OH is 1. The molecule has 5 atom stereocenters. The fraction of sp³-hybridized carbons (Fsp3) is 0.333. The van der Waals surface area contributed by atoms with E-state index in [4.69, 9.17) is 24.3 Å². The first kappa shape index (κ1) is 26.8. The van der Waals surface area contributed by atoms with E-state index in [2.05, 4.69) is 20.0 Å². The maximum atomic E-state index is 13.8. The van der Waals surface area contributed by atoms with Gasteiger partial charge in [0.25, 0.3) is 0 Å². The van der Waals surface area contributed by atoms with E-state index in [0.29, 0.717) is 16.6 Å². The van der Waals surface area contributed by atoms with Crippen molar-refractivity contribution in [2.24, 2.45) is 0 Å². The van der Waals surface area contributed by atoms with Crippen LogP contribution in [0.15, 0.2) is 48.8 Å². The quantitative estimate of drug-likeness (QED) is 0.208. The molecule has 0 bridgehead atoms. The van der Waals surface area contributed by atoms with Gasteiger partial charge in [-0.15, -0.1) is 0 Å². The zero-order valence-corrected chi connectivity index (χ0v) is 21.9. The van der Waals surface area contributed by atoms with Crippen LogP contribution in [0, 0.1) is 0 Å². The van der Waals surface area contributed by atoms with E-state index in [-0.39, 0.29) is 30.6 Å². The Hall–Kier alpha value is -3.81. The summed E-state index contributed by atoms with van der Waals surface area (Å²) in [5, 5.41) is 24.0. The van der Waals surface area contributed by atoms with E-state index in [1.54, 1.807) is 28.8 Å². The SMILES string of the molecule is COc1nc(N)nc2c1ncn2[C@H]1C[C@H](O)[C@@H](COP(=O)(N[C@@H](C)C(=O)O)Oc2cccc3ccccc23)O1. The number of hydrogen-bond acceptors (Lipinski definition) is 11. The largest absolute Gasteiger partial charge is 0.480 e. The van der Waals surface area contributed by atoms with Gasteiger partial charge in [-0.2, -0.15) is 15.1 Å². The lowest BCUT2D eigenvalue weighted by atomic mass is 10.1. The number of nitrogens with one attached hydrogen (secondary N) is 1. The van der Waals surface area contributed by atoms with E-state index >= 15 is 0 Å². The number of aromatic nitrogens is 4. The third kappa shape index (κ3) is 5.51. The normalized spacial score (nSPS) is 21.6. The van der Waals surface area contributed by atoms with Gasteiger partial charge in [-0.3, -0.25) is 13.9 Å². The predicted molar refractivity (Wildman–Crippen MR) is 139 cm³/mol. The van der Waals surface area contributed by atoms with Crippen LogP contribution in [0.4, 0.5) is 5.95 Å². The van der Waals surface area contributed by atoms with Gasteiger partial charge in [-0.25, -0.2) is 9.55 Å². The number of nitrogens with zero attached hydrogens (tertiary/aromatic N) is 4. The number of carbonyl (C=O) groups is 1. The van der Waals surface area contributed by atoms with E-state index in [9.17, 15) is 19.6 Å². The molecule has 0 saturated carbocycles. The van der Waals surface area contributed by atoms with Crippen molar-refractivity contribution < 1.29 is 38.1 Å². The van der Waals surface area contributed by atoms with Gasteiger partial charge in [0.2, 0.25) is 11.8 Å². The van der Waals surface area contributed by atoms with Gasteiger partial charge in [0.1, 0.15) is 24.1 Å². The van der Waals surface area contributed by atoms with Crippen LogP contribution in [0.5, 0.6) is 11.6 Å². The molecule has 15 heteroatoms. The number of carboxylic acids is 1. The lowest BCUT2D eigenvalue weighted by Crippen LogP contribution is -2.35. The molecule has 4 aromatic rings. The molecule has 1 unspecified atom stereocenters. The molecule has 5 N–H and O–H groups in total. The van der Waals surface area contributed by atoms with Gasteiger partial charge in [-0.05, 0) is 18.4 Å².